The Morgan fingerprint density at radius 2 is 1.81 bits per heavy atom. The van der Waals surface area contributed by atoms with Crippen molar-refractivity contribution >= 4 is 18.3 Å². The second-order valence-electron chi connectivity index (χ2n) is 5.60. The molecular weight excluding hydrogens is 288 g/mol. The molecule has 0 aromatic carbocycles. The summed E-state index contributed by atoms with van der Waals surface area (Å²) in [4.78, 5) is 20.6. The number of carbonyl (C=O) groups excluding carboxylic acids is 1. The third-order valence-electron chi connectivity index (χ3n) is 4.02. The number of aromatic nitrogens is 1. The summed E-state index contributed by atoms with van der Waals surface area (Å²) in [6.07, 6.45) is 3.64. The Kier molecular flexibility index (Phi) is 7.08. The van der Waals surface area contributed by atoms with Gasteiger partial charge >= 0.3 is 0 Å². The number of rotatable bonds is 4. The van der Waals surface area contributed by atoms with Crippen molar-refractivity contribution in [3.8, 4) is 0 Å². The van der Waals surface area contributed by atoms with Gasteiger partial charge in [0.05, 0.1) is 5.92 Å². The average molecular weight is 313 g/mol. The summed E-state index contributed by atoms with van der Waals surface area (Å²) in [6.45, 7) is 8.15. The van der Waals surface area contributed by atoms with Gasteiger partial charge in [-0.05, 0) is 24.6 Å². The van der Waals surface area contributed by atoms with Crippen molar-refractivity contribution in [1.29, 1.82) is 0 Å². The van der Waals surface area contributed by atoms with E-state index in [4.69, 9.17) is 5.73 Å². The van der Waals surface area contributed by atoms with E-state index in [-0.39, 0.29) is 30.3 Å². The molecule has 1 aromatic rings. The van der Waals surface area contributed by atoms with Crippen molar-refractivity contribution in [1.82, 2.24) is 14.8 Å². The van der Waals surface area contributed by atoms with Gasteiger partial charge in [0, 0.05) is 51.2 Å². The number of halogens is 1. The molecule has 0 spiro atoms. The molecule has 0 bridgehead atoms. The number of nitrogens with zero attached hydrogens (tertiary/aromatic N) is 3. The van der Waals surface area contributed by atoms with E-state index >= 15 is 0 Å². The highest BCUT2D eigenvalue weighted by atomic mass is 35.5. The quantitative estimate of drug-likeness (QED) is 0.905. The minimum absolute atomic E-state index is 0. The molecule has 1 amide bonds. The molecule has 2 atom stereocenters. The number of hydrogen-bond donors (Lipinski definition) is 1. The Morgan fingerprint density at radius 3 is 2.33 bits per heavy atom. The summed E-state index contributed by atoms with van der Waals surface area (Å²) in [7, 11) is 0. The highest BCUT2D eigenvalue weighted by Gasteiger charge is 2.26. The van der Waals surface area contributed by atoms with Crippen molar-refractivity contribution in [2.45, 2.75) is 26.4 Å². The van der Waals surface area contributed by atoms with Crippen LogP contribution < -0.4 is 5.73 Å². The van der Waals surface area contributed by atoms with E-state index in [1.807, 2.05) is 43.3 Å². The SMILES string of the molecule is CC(N)C(C)C(=O)N1CCN(Cc2ccncc2)CC1.Cl. The number of carbonyl (C=O) groups is 1. The number of piperazine rings is 1. The molecule has 0 saturated carbocycles. The molecule has 6 heteroatoms. The van der Waals surface area contributed by atoms with Crippen LogP contribution in [0.3, 0.4) is 0 Å². The molecule has 118 valence electrons. The molecule has 1 aliphatic rings. The molecule has 0 radical (unpaired) electrons. The maximum Gasteiger partial charge on any atom is 0.227 e. The first-order valence-corrected chi connectivity index (χ1v) is 7.23. The zero-order chi connectivity index (χ0) is 14.5. The average Bonchev–Trinajstić information content (AvgIpc) is 2.47. The second kappa shape index (κ2) is 8.32. The number of amides is 1. The van der Waals surface area contributed by atoms with E-state index in [9.17, 15) is 4.79 Å². The lowest BCUT2D eigenvalue weighted by atomic mass is 10.0. The lowest BCUT2D eigenvalue weighted by Crippen LogP contribution is -2.51. The van der Waals surface area contributed by atoms with Gasteiger partial charge in [-0.1, -0.05) is 6.92 Å². The van der Waals surface area contributed by atoms with Crippen LogP contribution in [-0.4, -0.2) is 52.9 Å². The standard InChI is InChI=1S/C15H24N4O.ClH/c1-12(13(2)16)15(20)19-9-7-18(8-10-19)11-14-3-5-17-6-4-14;/h3-6,12-13H,7-11,16H2,1-2H3;1H. The van der Waals surface area contributed by atoms with E-state index in [1.165, 1.54) is 5.56 Å². The van der Waals surface area contributed by atoms with Gasteiger partial charge in [0.15, 0.2) is 0 Å². The monoisotopic (exact) mass is 312 g/mol. The minimum atomic E-state index is -0.0956. The fourth-order valence-electron chi connectivity index (χ4n) is 2.39. The first-order valence-electron chi connectivity index (χ1n) is 7.23. The normalized spacial score (nSPS) is 18.7. The van der Waals surface area contributed by atoms with Gasteiger partial charge in [0.2, 0.25) is 5.91 Å². The molecule has 2 rings (SSSR count). The van der Waals surface area contributed by atoms with E-state index < -0.39 is 0 Å². The van der Waals surface area contributed by atoms with E-state index in [1.54, 1.807) is 0 Å². The van der Waals surface area contributed by atoms with Crippen molar-refractivity contribution < 1.29 is 4.79 Å². The Labute approximate surface area is 132 Å². The van der Waals surface area contributed by atoms with Crippen LogP contribution in [0.25, 0.3) is 0 Å². The highest BCUT2D eigenvalue weighted by molar-refractivity contribution is 5.85. The third kappa shape index (κ3) is 4.95. The van der Waals surface area contributed by atoms with Gasteiger partial charge in [0.1, 0.15) is 0 Å². The molecule has 1 fully saturated rings. The van der Waals surface area contributed by atoms with Crippen LogP contribution in [0, 0.1) is 5.92 Å². The Bertz CT molecular complexity index is 433. The highest BCUT2D eigenvalue weighted by Crippen LogP contribution is 2.11. The summed E-state index contributed by atoms with van der Waals surface area (Å²) >= 11 is 0. The largest absolute Gasteiger partial charge is 0.340 e. The molecule has 21 heavy (non-hydrogen) atoms. The van der Waals surface area contributed by atoms with Crippen LogP contribution in [0.2, 0.25) is 0 Å². The molecule has 0 aliphatic carbocycles. The topological polar surface area (TPSA) is 62.5 Å². The van der Waals surface area contributed by atoms with Crippen molar-refractivity contribution in [2.75, 3.05) is 26.2 Å². The van der Waals surface area contributed by atoms with Crippen LogP contribution in [0.4, 0.5) is 0 Å². The molecule has 2 heterocycles. The third-order valence-corrected chi connectivity index (χ3v) is 4.02. The molecular formula is C15H25ClN4O. The summed E-state index contributed by atoms with van der Waals surface area (Å²) in [6, 6.07) is 3.99. The van der Waals surface area contributed by atoms with Gasteiger partial charge < -0.3 is 10.6 Å². The summed E-state index contributed by atoms with van der Waals surface area (Å²) in [5, 5.41) is 0. The zero-order valence-corrected chi connectivity index (χ0v) is 13.6. The van der Waals surface area contributed by atoms with E-state index in [0.717, 1.165) is 32.7 Å². The number of hydrogen-bond acceptors (Lipinski definition) is 4. The van der Waals surface area contributed by atoms with Gasteiger partial charge in [-0.3, -0.25) is 14.7 Å². The minimum Gasteiger partial charge on any atom is -0.340 e. The van der Waals surface area contributed by atoms with Gasteiger partial charge in [0.25, 0.3) is 0 Å². The molecule has 2 N–H and O–H groups in total. The van der Waals surface area contributed by atoms with Gasteiger partial charge in [-0.25, -0.2) is 0 Å². The number of pyridine rings is 1. The van der Waals surface area contributed by atoms with Crippen LogP contribution in [0.1, 0.15) is 19.4 Å². The fourth-order valence-corrected chi connectivity index (χ4v) is 2.39. The Balaban J connectivity index is 0.00000220. The Morgan fingerprint density at radius 1 is 1.24 bits per heavy atom. The predicted octanol–water partition coefficient (Wildman–Crippen LogP) is 1.13. The Hall–Kier alpha value is -1.17. The first kappa shape index (κ1) is 17.9. The maximum absolute atomic E-state index is 12.2. The molecule has 2 unspecified atom stereocenters. The molecule has 5 nitrogen and oxygen atoms in total. The molecule has 1 saturated heterocycles. The summed E-state index contributed by atoms with van der Waals surface area (Å²) < 4.78 is 0. The van der Waals surface area contributed by atoms with E-state index in [2.05, 4.69) is 9.88 Å². The lowest BCUT2D eigenvalue weighted by molar-refractivity contribution is -0.137. The predicted molar refractivity (Wildman–Crippen MR) is 86.2 cm³/mol. The van der Waals surface area contributed by atoms with Crippen molar-refractivity contribution in [3.05, 3.63) is 30.1 Å². The smallest absolute Gasteiger partial charge is 0.227 e. The van der Waals surface area contributed by atoms with Crippen LogP contribution in [0.5, 0.6) is 0 Å². The van der Waals surface area contributed by atoms with Crippen LogP contribution in [0.15, 0.2) is 24.5 Å². The van der Waals surface area contributed by atoms with Crippen molar-refractivity contribution in [2.24, 2.45) is 11.7 Å². The van der Waals surface area contributed by atoms with Crippen molar-refractivity contribution in [3.63, 3.8) is 0 Å². The molecule has 1 aromatic heterocycles. The van der Waals surface area contributed by atoms with E-state index in [0.29, 0.717) is 0 Å². The first-order chi connectivity index (χ1) is 9.58. The van der Waals surface area contributed by atoms with Gasteiger partial charge in [-0.15, -0.1) is 12.4 Å². The summed E-state index contributed by atoms with van der Waals surface area (Å²) in [5.41, 5.74) is 7.08. The van der Waals surface area contributed by atoms with Crippen LogP contribution >= 0.6 is 12.4 Å². The zero-order valence-electron chi connectivity index (χ0n) is 12.7. The maximum atomic E-state index is 12.2. The van der Waals surface area contributed by atoms with Gasteiger partial charge in [-0.2, -0.15) is 0 Å². The number of nitrogens with two attached hydrogens (primary N) is 1. The second-order valence-corrected chi connectivity index (χ2v) is 5.60. The fraction of sp³-hybridized carbons (Fsp3) is 0.600. The molecule has 1 aliphatic heterocycles. The lowest BCUT2D eigenvalue weighted by Gasteiger charge is -2.36. The summed E-state index contributed by atoms with van der Waals surface area (Å²) in [5.74, 6) is 0.0882. The van der Waals surface area contributed by atoms with Crippen LogP contribution in [-0.2, 0) is 11.3 Å².